The number of nitrogens with zero attached hydrogens (tertiary/aromatic N) is 4. The number of carbonyl (C=O) groups is 2. The lowest BCUT2D eigenvalue weighted by atomic mass is 10.1. The third-order valence-corrected chi connectivity index (χ3v) is 8.02. The summed E-state index contributed by atoms with van der Waals surface area (Å²) in [6.07, 6.45) is 5.37. The molecule has 0 aromatic carbocycles. The second-order valence-corrected chi connectivity index (χ2v) is 11.2. The van der Waals surface area contributed by atoms with Crippen molar-refractivity contribution < 1.29 is 23.8 Å². The van der Waals surface area contributed by atoms with Gasteiger partial charge >= 0.3 is 5.97 Å². The quantitative estimate of drug-likeness (QED) is 0.259. The molecule has 2 aromatic rings. The first-order valence-corrected chi connectivity index (χ1v) is 14.4. The number of carboxylic acids is 1. The summed E-state index contributed by atoms with van der Waals surface area (Å²) >= 11 is 6.27. The maximum absolute atomic E-state index is 13.5. The Morgan fingerprint density at radius 2 is 2.12 bits per heavy atom. The molecule has 2 unspecified atom stereocenters. The number of ether oxygens (including phenoxy) is 1. The molecule has 0 bridgehead atoms. The van der Waals surface area contributed by atoms with E-state index in [0.29, 0.717) is 43.3 Å². The zero-order valence-corrected chi connectivity index (χ0v) is 24.1. The number of fused-ring (bicyclic) bond motifs is 1. The van der Waals surface area contributed by atoms with Crippen LogP contribution in [0.25, 0.3) is 0 Å². The molecule has 0 spiro atoms. The molecule has 1 saturated carbocycles. The Hall–Kier alpha value is -2.76. The van der Waals surface area contributed by atoms with Gasteiger partial charge in [-0.2, -0.15) is 5.10 Å². The van der Waals surface area contributed by atoms with Crippen LogP contribution in [0.2, 0.25) is 5.15 Å². The molecule has 10 nitrogen and oxygen atoms in total. The van der Waals surface area contributed by atoms with Gasteiger partial charge in [-0.05, 0) is 82.5 Å². The number of rotatable bonds is 16. The third-order valence-electron chi connectivity index (χ3n) is 7.75. The van der Waals surface area contributed by atoms with E-state index in [2.05, 4.69) is 27.9 Å². The number of alkyl halides is 1. The summed E-state index contributed by atoms with van der Waals surface area (Å²) in [5.74, 6) is -0.536. The minimum Gasteiger partial charge on any atom is -0.480 e. The minimum absolute atomic E-state index is 0.170. The number of methoxy groups -OCH3 is 1. The van der Waals surface area contributed by atoms with Gasteiger partial charge in [-0.15, -0.1) is 0 Å². The molecule has 1 amide bonds. The number of unbranched alkanes of at least 4 members (excludes halogenated alkanes) is 1. The summed E-state index contributed by atoms with van der Waals surface area (Å²) in [5.41, 5.74) is 2.03. The van der Waals surface area contributed by atoms with E-state index in [1.807, 2.05) is 4.90 Å². The average molecular weight is 579 g/mol. The van der Waals surface area contributed by atoms with Gasteiger partial charge in [0.05, 0.1) is 11.8 Å². The van der Waals surface area contributed by atoms with Crippen molar-refractivity contribution in [3.63, 3.8) is 0 Å². The van der Waals surface area contributed by atoms with E-state index in [1.54, 1.807) is 13.0 Å². The number of hydrogen-bond donors (Lipinski definition) is 3. The van der Waals surface area contributed by atoms with Crippen LogP contribution in [0.1, 0.15) is 55.5 Å². The maximum atomic E-state index is 13.5. The lowest BCUT2D eigenvalue weighted by Gasteiger charge is -2.27. The van der Waals surface area contributed by atoms with E-state index in [9.17, 15) is 19.1 Å². The van der Waals surface area contributed by atoms with Crippen LogP contribution in [0, 0.1) is 6.92 Å². The van der Waals surface area contributed by atoms with Crippen LogP contribution in [-0.2, 0) is 32.7 Å². The molecule has 0 saturated heterocycles. The fourth-order valence-electron chi connectivity index (χ4n) is 5.20. The monoisotopic (exact) mass is 578 g/mol. The second kappa shape index (κ2) is 13.7. The summed E-state index contributed by atoms with van der Waals surface area (Å²) < 4.78 is 20.2. The van der Waals surface area contributed by atoms with Crippen molar-refractivity contribution >= 4 is 29.3 Å². The number of aryl methyl sites for hydroxylation is 3. The molecule has 3 N–H and O–H groups in total. The van der Waals surface area contributed by atoms with Crippen LogP contribution in [-0.4, -0.2) is 88.8 Å². The van der Waals surface area contributed by atoms with Gasteiger partial charge < -0.3 is 25.4 Å². The molecule has 2 atom stereocenters. The van der Waals surface area contributed by atoms with Crippen molar-refractivity contribution in [2.24, 2.45) is 0 Å². The molecular weight excluding hydrogens is 539 g/mol. The van der Waals surface area contributed by atoms with E-state index in [0.717, 1.165) is 50.2 Å². The van der Waals surface area contributed by atoms with Crippen LogP contribution in [0.3, 0.4) is 0 Å². The number of amides is 1. The summed E-state index contributed by atoms with van der Waals surface area (Å²) in [4.78, 5) is 32.0. The Morgan fingerprint density at radius 3 is 2.77 bits per heavy atom. The molecular formula is C28H40ClFN6O4. The van der Waals surface area contributed by atoms with Crippen LogP contribution < -0.4 is 10.6 Å². The first kappa shape index (κ1) is 30.2. The van der Waals surface area contributed by atoms with E-state index >= 15 is 0 Å². The summed E-state index contributed by atoms with van der Waals surface area (Å²) in [6, 6.07) is 4.81. The topological polar surface area (TPSA) is 122 Å². The SMILES string of the molecule is COC(CF)CN(CCCCc1ccc2c(n1)NCCC2)CCC(NC(=O)C1(n2nc(C)cc2Cl)CC1)C(=O)O. The normalized spacial score (nSPS) is 17.1. The van der Waals surface area contributed by atoms with Gasteiger partial charge in [-0.25, -0.2) is 18.9 Å². The summed E-state index contributed by atoms with van der Waals surface area (Å²) in [6.45, 7) is 3.45. The molecule has 2 aromatic heterocycles. The van der Waals surface area contributed by atoms with Gasteiger partial charge in [0.1, 0.15) is 29.2 Å². The fourth-order valence-corrected chi connectivity index (χ4v) is 5.56. The first-order valence-electron chi connectivity index (χ1n) is 14.1. The third kappa shape index (κ3) is 7.50. The second-order valence-electron chi connectivity index (χ2n) is 10.8. The molecule has 0 radical (unpaired) electrons. The first-order chi connectivity index (χ1) is 19.3. The number of carbonyl (C=O) groups excluding carboxylic acids is 1. The van der Waals surface area contributed by atoms with Crippen molar-refractivity contribution in [2.75, 3.05) is 45.3 Å². The smallest absolute Gasteiger partial charge is 0.326 e. The number of hydrogen-bond acceptors (Lipinski definition) is 7. The molecule has 1 fully saturated rings. The summed E-state index contributed by atoms with van der Waals surface area (Å²) in [7, 11) is 1.47. The largest absolute Gasteiger partial charge is 0.480 e. The number of carboxylic acid groups (broad SMARTS) is 1. The highest BCUT2D eigenvalue weighted by atomic mass is 35.5. The fraction of sp³-hybridized carbons (Fsp3) is 0.643. The highest BCUT2D eigenvalue weighted by Crippen LogP contribution is 2.45. The van der Waals surface area contributed by atoms with Gasteiger partial charge in [-0.3, -0.25) is 4.79 Å². The van der Waals surface area contributed by atoms with Crippen LogP contribution in [0.5, 0.6) is 0 Å². The predicted octanol–water partition coefficient (Wildman–Crippen LogP) is 3.36. The van der Waals surface area contributed by atoms with Gasteiger partial charge in [0.15, 0.2) is 0 Å². The van der Waals surface area contributed by atoms with E-state index in [1.165, 1.54) is 17.4 Å². The Labute approximate surface area is 239 Å². The van der Waals surface area contributed by atoms with Crippen LogP contribution >= 0.6 is 11.6 Å². The lowest BCUT2D eigenvalue weighted by molar-refractivity contribution is -0.143. The van der Waals surface area contributed by atoms with Crippen molar-refractivity contribution in [3.05, 3.63) is 40.3 Å². The van der Waals surface area contributed by atoms with Gasteiger partial charge in [0.2, 0.25) is 5.91 Å². The highest BCUT2D eigenvalue weighted by Gasteiger charge is 2.54. The van der Waals surface area contributed by atoms with Gasteiger partial charge in [0, 0.05) is 32.4 Å². The van der Waals surface area contributed by atoms with Crippen molar-refractivity contribution in [1.29, 1.82) is 0 Å². The van der Waals surface area contributed by atoms with E-state index in [-0.39, 0.29) is 6.42 Å². The predicted molar refractivity (Wildman–Crippen MR) is 151 cm³/mol. The Kier molecular flexibility index (Phi) is 10.4. The number of halogens is 2. The van der Waals surface area contributed by atoms with Crippen LogP contribution in [0.15, 0.2) is 18.2 Å². The number of pyridine rings is 1. The molecule has 4 rings (SSSR count). The highest BCUT2D eigenvalue weighted by molar-refractivity contribution is 6.29. The summed E-state index contributed by atoms with van der Waals surface area (Å²) in [5, 5.41) is 20.6. The van der Waals surface area contributed by atoms with Crippen LogP contribution in [0.4, 0.5) is 10.2 Å². The Bertz CT molecular complexity index is 1170. The molecule has 40 heavy (non-hydrogen) atoms. The van der Waals surface area contributed by atoms with Crippen molar-refractivity contribution in [3.8, 4) is 0 Å². The molecule has 1 aliphatic heterocycles. The molecule has 2 aliphatic rings. The lowest BCUT2D eigenvalue weighted by Crippen LogP contribution is -2.49. The van der Waals surface area contributed by atoms with Crippen molar-refractivity contribution in [1.82, 2.24) is 25.0 Å². The Morgan fingerprint density at radius 1 is 1.32 bits per heavy atom. The van der Waals surface area contributed by atoms with Gasteiger partial charge in [-0.1, -0.05) is 17.7 Å². The molecule has 3 heterocycles. The number of anilines is 1. The Balaban J connectivity index is 1.31. The van der Waals surface area contributed by atoms with Crippen molar-refractivity contribution in [2.45, 2.75) is 76.0 Å². The zero-order chi connectivity index (χ0) is 28.7. The molecule has 1 aliphatic carbocycles. The number of aliphatic carboxylic acids is 1. The number of nitrogens with one attached hydrogen (secondary N) is 2. The average Bonchev–Trinajstić information content (AvgIpc) is 3.68. The molecule has 12 heteroatoms. The van der Waals surface area contributed by atoms with Gasteiger partial charge in [0.25, 0.3) is 0 Å². The number of aromatic nitrogens is 3. The minimum atomic E-state index is -1.12. The standard InChI is InChI=1S/C28H40ClFN6O4/c1-19-16-24(29)36(34-19)28(11-12-28)27(39)33-23(26(37)38)10-15-35(18-22(17-30)40-2)14-4-3-7-21-9-8-20-6-5-13-31-25(20)32-21/h8-9,16,22-23H,3-7,10-15,17-18H2,1-2H3,(H,31,32)(H,33,39)(H,37,38). The molecule has 220 valence electrons. The van der Waals surface area contributed by atoms with E-state index in [4.69, 9.17) is 21.3 Å². The van der Waals surface area contributed by atoms with E-state index < -0.39 is 36.2 Å². The zero-order valence-electron chi connectivity index (χ0n) is 23.3. The maximum Gasteiger partial charge on any atom is 0.326 e.